The number of aromatic nitrogens is 1. The van der Waals surface area contributed by atoms with Crippen molar-refractivity contribution in [2.75, 3.05) is 14.1 Å². The first-order valence-electron chi connectivity index (χ1n) is 6.31. The Morgan fingerprint density at radius 1 is 1.14 bits per heavy atom. The van der Waals surface area contributed by atoms with Crippen molar-refractivity contribution in [3.05, 3.63) is 77.5 Å². The van der Waals surface area contributed by atoms with Crippen molar-refractivity contribution in [2.24, 2.45) is 0 Å². The Balaban J connectivity index is 0.00000220. The SMILES string of the molecule is CN(C)C([S-])N[N-][C-](c1ccccc1)c1ccccn1.[Pd]. The fraction of sp³-hybridized carbons (Fsp3) is 0.200. The molecule has 2 aromatic rings. The molecule has 0 aliphatic heterocycles. The van der Waals surface area contributed by atoms with Crippen LogP contribution in [0.25, 0.3) is 5.43 Å². The van der Waals surface area contributed by atoms with Gasteiger partial charge in [-0.25, -0.2) is 6.04 Å². The van der Waals surface area contributed by atoms with E-state index in [2.05, 4.69) is 15.8 Å². The molecule has 1 aromatic carbocycles. The van der Waals surface area contributed by atoms with Gasteiger partial charge in [-0.2, -0.15) is 5.56 Å². The fourth-order valence-electron chi connectivity index (χ4n) is 1.60. The summed E-state index contributed by atoms with van der Waals surface area (Å²) in [6, 6.07) is 16.5. The standard InChI is InChI=1S/C15H18N4S.Pd/c1-19(2)15(20)18-17-14(12-8-4-3-5-9-12)13-10-6-7-11-16-13;/h3-11,15,18,20H,1-2H3;/q-2;/p-1. The molecular formula is C15H17N4PdS-3. The van der Waals surface area contributed by atoms with Gasteiger partial charge < -0.3 is 28.4 Å². The summed E-state index contributed by atoms with van der Waals surface area (Å²) in [7, 11) is 3.81. The zero-order valence-electron chi connectivity index (χ0n) is 11.8. The average molecular weight is 392 g/mol. The summed E-state index contributed by atoms with van der Waals surface area (Å²) >= 11 is 5.27. The van der Waals surface area contributed by atoms with Gasteiger partial charge in [0.25, 0.3) is 0 Å². The first kappa shape index (κ1) is 18.2. The molecule has 2 rings (SSSR count). The van der Waals surface area contributed by atoms with Gasteiger partial charge in [-0.1, -0.05) is 23.7 Å². The molecular weight excluding hydrogens is 375 g/mol. The molecule has 0 fully saturated rings. The van der Waals surface area contributed by atoms with Crippen LogP contribution in [0.15, 0.2) is 54.7 Å². The van der Waals surface area contributed by atoms with E-state index in [1.54, 1.807) is 6.20 Å². The second kappa shape index (κ2) is 9.21. The van der Waals surface area contributed by atoms with E-state index in [0.29, 0.717) is 0 Å². The number of rotatable bonds is 6. The summed E-state index contributed by atoms with van der Waals surface area (Å²) < 4.78 is 0. The monoisotopic (exact) mass is 391 g/mol. The van der Waals surface area contributed by atoms with E-state index >= 15 is 0 Å². The molecule has 1 aromatic heterocycles. The minimum atomic E-state index is -0.266. The predicted octanol–water partition coefficient (Wildman–Crippen LogP) is 2.28. The number of pyridine rings is 1. The normalized spacial score (nSPS) is 11.8. The number of nitrogens with zero attached hydrogens (tertiary/aromatic N) is 3. The minimum absolute atomic E-state index is 0. The smallest absolute Gasteiger partial charge is 0.0246 e. The third kappa shape index (κ3) is 5.44. The molecule has 0 saturated heterocycles. The molecule has 1 atom stereocenters. The molecule has 1 unspecified atom stereocenters. The van der Waals surface area contributed by atoms with Crippen molar-refractivity contribution < 1.29 is 20.4 Å². The molecule has 0 radical (unpaired) electrons. The van der Waals surface area contributed by atoms with E-state index in [-0.39, 0.29) is 25.9 Å². The molecule has 0 aliphatic carbocycles. The van der Waals surface area contributed by atoms with Gasteiger partial charge in [0, 0.05) is 26.6 Å². The van der Waals surface area contributed by atoms with Crippen LogP contribution in [-0.2, 0) is 33.1 Å². The summed E-state index contributed by atoms with van der Waals surface area (Å²) in [5.41, 5.74) is 8.96. The van der Waals surface area contributed by atoms with Gasteiger partial charge in [0.15, 0.2) is 0 Å². The molecule has 1 heterocycles. The number of nitrogens with one attached hydrogen (secondary N) is 1. The van der Waals surface area contributed by atoms with Gasteiger partial charge in [0.05, 0.1) is 0 Å². The average Bonchev–Trinajstić information content (AvgIpc) is 2.49. The molecule has 4 nitrogen and oxygen atoms in total. The number of hydrogen-bond donors (Lipinski definition) is 1. The first-order valence-corrected chi connectivity index (χ1v) is 6.78. The summed E-state index contributed by atoms with van der Waals surface area (Å²) in [6.45, 7) is 0. The second-order valence-corrected chi connectivity index (χ2v) is 4.93. The summed E-state index contributed by atoms with van der Waals surface area (Å²) in [4.78, 5) is 6.23. The first-order chi connectivity index (χ1) is 9.68. The third-order valence-corrected chi connectivity index (χ3v) is 3.24. The van der Waals surface area contributed by atoms with Crippen LogP contribution in [0.4, 0.5) is 0 Å². The molecule has 0 aliphatic rings. The van der Waals surface area contributed by atoms with Crippen LogP contribution in [0.5, 0.6) is 0 Å². The van der Waals surface area contributed by atoms with Crippen LogP contribution >= 0.6 is 0 Å². The van der Waals surface area contributed by atoms with E-state index in [1.807, 2.05) is 67.5 Å². The molecule has 21 heavy (non-hydrogen) atoms. The van der Waals surface area contributed by atoms with Gasteiger partial charge in [-0.05, 0) is 19.8 Å². The van der Waals surface area contributed by atoms with Crippen molar-refractivity contribution in [3.8, 4) is 0 Å². The van der Waals surface area contributed by atoms with E-state index < -0.39 is 0 Å². The summed E-state index contributed by atoms with van der Waals surface area (Å²) in [5.74, 6) is 0. The van der Waals surface area contributed by atoms with Crippen molar-refractivity contribution in [2.45, 2.75) is 5.50 Å². The zero-order chi connectivity index (χ0) is 14.4. The molecule has 0 spiro atoms. The van der Waals surface area contributed by atoms with Gasteiger partial charge in [0.2, 0.25) is 0 Å². The molecule has 116 valence electrons. The van der Waals surface area contributed by atoms with Gasteiger partial charge in [-0.15, -0.1) is 30.3 Å². The Morgan fingerprint density at radius 3 is 2.38 bits per heavy atom. The number of hydrogen-bond acceptors (Lipinski definition) is 4. The van der Waals surface area contributed by atoms with Crippen molar-refractivity contribution in [1.82, 2.24) is 15.3 Å². The van der Waals surface area contributed by atoms with Crippen LogP contribution < -0.4 is 5.43 Å². The van der Waals surface area contributed by atoms with E-state index in [0.717, 1.165) is 17.3 Å². The topological polar surface area (TPSA) is 42.3 Å². The van der Waals surface area contributed by atoms with Gasteiger partial charge in [-0.3, -0.25) is 4.98 Å². The Morgan fingerprint density at radius 2 is 1.81 bits per heavy atom. The summed E-state index contributed by atoms with van der Waals surface area (Å²) in [5, 5.41) is 0. The van der Waals surface area contributed by atoms with Crippen LogP contribution in [-0.4, -0.2) is 29.5 Å². The minimum Gasteiger partial charge on any atom is -0.760 e. The van der Waals surface area contributed by atoms with Crippen molar-refractivity contribution >= 4 is 12.6 Å². The van der Waals surface area contributed by atoms with Gasteiger partial charge in [0.1, 0.15) is 0 Å². The zero-order valence-corrected chi connectivity index (χ0v) is 14.2. The van der Waals surface area contributed by atoms with E-state index in [1.165, 1.54) is 0 Å². The Bertz CT molecular complexity index is 470. The van der Waals surface area contributed by atoms with Crippen LogP contribution in [0, 0.1) is 6.04 Å². The number of benzene rings is 1. The Labute approximate surface area is 145 Å². The van der Waals surface area contributed by atoms with E-state index in [4.69, 9.17) is 12.6 Å². The fourth-order valence-corrected chi connectivity index (χ4v) is 1.66. The van der Waals surface area contributed by atoms with Crippen LogP contribution in [0.1, 0.15) is 11.3 Å². The second-order valence-electron chi connectivity index (χ2n) is 4.49. The molecule has 0 amide bonds. The van der Waals surface area contributed by atoms with Crippen LogP contribution in [0.3, 0.4) is 0 Å². The third-order valence-electron chi connectivity index (χ3n) is 2.71. The Hall–Kier alpha value is -0.868. The van der Waals surface area contributed by atoms with Crippen molar-refractivity contribution in [3.63, 3.8) is 0 Å². The van der Waals surface area contributed by atoms with Crippen LogP contribution in [0.2, 0.25) is 0 Å². The molecule has 0 saturated carbocycles. The molecule has 6 heteroatoms. The Kier molecular flexibility index (Phi) is 7.98. The predicted molar refractivity (Wildman–Crippen MR) is 83.5 cm³/mol. The van der Waals surface area contributed by atoms with E-state index in [9.17, 15) is 0 Å². The summed E-state index contributed by atoms with van der Waals surface area (Å²) in [6.07, 6.45) is 1.75. The van der Waals surface area contributed by atoms with Crippen molar-refractivity contribution in [1.29, 1.82) is 0 Å². The maximum atomic E-state index is 5.27. The van der Waals surface area contributed by atoms with Gasteiger partial charge >= 0.3 is 0 Å². The maximum absolute atomic E-state index is 5.27. The maximum Gasteiger partial charge on any atom is 0.0246 e. The molecule has 0 bridgehead atoms. The largest absolute Gasteiger partial charge is 0.760 e. The quantitative estimate of drug-likeness (QED) is 0.270. The molecule has 1 N–H and O–H groups in total.